The minimum absolute atomic E-state index is 0.0849. The number of nitrogens with two attached hydrogens (primary N) is 1. The fourth-order valence-electron chi connectivity index (χ4n) is 2.64. The molecular formula is C12H23NO. The van der Waals surface area contributed by atoms with E-state index in [0.717, 1.165) is 6.42 Å². The van der Waals surface area contributed by atoms with Gasteiger partial charge in [0.2, 0.25) is 5.91 Å². The van der Waals surface area contributed by atoms with E-state index in [1.54, 1.807) is 0 Å². The fraction of sp³-hybridized carbons (Fsp3) is 0.917. The van der Waals surface area contributed by atoms with Gasteiger partial charge in [-0.3, -0.25) is 4.79 Å². The molecule has 2 nitrogen and oxygen atoms in total. The number of carbonyl (C=O) groups excluding carboxylic acids is 1. The molecule has 0 aromatic rings. The highest BCUT2D eigenvalue weighted by molar-refractivity contribution is 5.80. The zero-order valence-electron chi connectivity index (χ0n) is 9.51. The maximum Gasteiger partial charge on any atom is 0.223 e. The highest BCUT2D eigenvalue weighted by Gasteiger charge is 2.40. The first kappa shape index (κ1) is 11.5. The Labute approximate surface area is 87.2 Å². The lowest BCUT2D eigenvalue weighted by Crippen LogP contribution is -2.42. The number of hydrogen-bond acceptors (Lipinski definition) is 1. The molecule has 1 amide bonds. The molecule has 2 unspecified atom stereocenters. The Morgan fingerprint density at radius 3 is 2.79 bits per heavy atom. The van der Waals surface area contributed by atoms with Gasteiger partial charge in [0.15, 0.2) is 0 Å². The predicted octanol–water partition coefficient (Wildman–Crippen LogP) is 2.86. The molecule has 82 valence electrons. The Balaban J connectivity index is 2.63. The van der Waals surface area contributed by atoms with E-state index in [9.17, 15) is 4.79 Å². The van der Waals surface area contributed by atoms with E-state index in [2.05, 4.69) is 13.8 Å². The lowest BCUT2D eigenvalue weighted by atomic mass is 9.65. The van der Waals surface area contributed by atoms with Crippen LogP contribution in [-0.2, 0) is 4.79 Å². The molecule has 2 heteroatoms. The average Bonchev–Trinajstić information content (AvgIpc) is 2.16. The molecule has 1 saturated carbocycles. The SMILES string of the molecule is CCCCC1CCCCC1(C)C(N)=O. The molecule has 1 aliphatic rings. The van der Waals surface area contributed by atoms with Crippen LogP contribution in [0.5, 0.6) is 0 Å². The third-order valence-corrected chi connectivity index (χ3v) is 3.87. The summed E-state index contributed by atoms with van der Waals surface area (Å²) in [5.74, 6) is 0.451. The summed E-state index contributed by atoms with van der Waals surface area (Å²) in [6.07, 6.45) is 8.25. The van der Waals surface area contributed by atoms with E-state index in [1.807, 2.05) is 0 Å². The number of rotatable bonds is 4. The van der Waals surface area contributed by atoms with Crippen LogP contribution in [0.2, 0.25) is 0 Å². The second-order valence-corrected chi connectivity index (χ2v) is 4.87. The van der Waals surface area contributed by atoms with Gasteiger partial charge >= 0.3 is 0 Å². The summed E-state index contributed by atoms with van der Waals surface area (Å²) >= 11 is 0. The van der Waals surface area contributed by atoms with Crippen molar-refractivity contribution in [3.63, 3.8) is 0 Å². The van der Waals surface area contributed by atoms with Crippen LogP contribution < -0.4 is 5.73 Å². The van der Waals surface area contributed by atoms with Gasteiger partial charge in [-0.15, -0.1) is 0 Å². The number of primary amides is 1. The summed E-state index contributed by atoms with van der Waals surface area (Å²) in [6, 6.07) is 0. The third kappa shape index (κ3) is 2.28. The van der Waals surface area contributed by atoms with Gasteiger partial charge in [-0.25, -0.2) is 0 Å². The molecule has 1 rings (SSSR count). The smallest absolute Gasteiger partial charge is 0.223 e. The summed E-state index contributed by atoms with van der Waals surface area (Å²) in [6.45, 7) is 4.26. The minimum Gasteiger partial charge on any atom is -0.369 e. The molecule has 0 aromatic carbocycles. The number of carbonyl (C=O) groups is 1. The predicted molar refractivity (Wildman–Crippen MR) is 58.8 cm³/mol. The van der Waals surface area contributed by atoms with Gasteiger partial charge in [0, 0.05) is 5.41 Å². The van der Waals surface area contributed by atoms with Gasteiger partial charge in [0.1, 0.15) is 0 Å². The Morgan fingerprint density at radius 2 is 2.21 bits per heavy atom. The molecule has 2 N–H and O–H groups in total. The first-order valence-corrected chi connectivity index (χ1v) is 5.91. The molecule has 0 saturated heterocycles. The summed E-state index contributed by atoms with van der Waals surface area (Å²) in [5.41, 5.74) is 5.31. The topological polar surface area (TPSA) is 43.1 Å². The normalized spacial score (nSPS) is 32.9. The zero-order chi connectivity index (χ0) is 10.6. The molecule has 0 radical (unpaired) electrons. The largest absolute Gasteiger partial charge is 0.369 e. The standard InChI is InChI=1S/C12H23NO/c1-3-4-7-10-8-5-6-9-12(10,2)11(13)14/h10H,3-9H2,1-2H3,(H2,13,14). The monoisotopic (exact) mass is 197 g/mol. The van der Waals surface area contributed by atoms with Crippen LogP contribution in [0, 0.1) is 11.3 Å². The average molecular weight is 197 g/mol. The molecule has 0 aliphatic heterocycles. The van der Waals surface area contributed by atoms with Crippen LogP contribution >= 0.6 is 0 Å². The zero-order valence-corrected chi connectivity index (χ0v) is 9.51. The summed E-state index contributed by atoms with van der Waals surface area (Å²) in [5, 5.41) is 0. The Hall–Kier alpha value is -0.530. The summed E-state index contributed by atoms with van der Waals surface area (Å²) in [7, 11) is 0. The van der Waals surface area contributed by atoms with Crippen molar-refractivity contribution in [1.82, 2.24) is 0 Å². The van der Waals surface area contributed by atoms with E-state index >= 15 is 0 Å². The van der Waals surface area contributed by atoms with Gasteiger partial charge in [-0.05, 0) is 25.2 Å². The van der Waals surface area contributed by atoms with Crippen molar-refractivity contribution in [2.24, 2.45) is 17.1 Å². The van der Waals surface area contributed by atoms with E-state index in [4.69, 9.17) is 5.73 Å². The fourth-order valence-corrected chi connectivity index (χ4v) is 2.64. The van der Waals surface area contributed by atoms with Gasteiger partial charge in [-0.1, -0.05) is 39.5 Å². The highest BCUT2D eigenvalue weighted by atomic mass is 16.1. The van der Waals surface area contributed by atoms with Crippen molar-refractivity contribution in [2.75, 3.05) is 0 Å². The molecular weight excluding hydrogens is 174 g/mol. The third-order valence-electron chi connectivity index (χ3n) is 3.87. The van der Waals surface area contributed by atoms with Crippen molar-refractivity contribution in [3.05, 3.63) is 0 Å². The Kier molecular flexibility index (Phi) is 3.97. The number of hydrogen-bond donors (Lipinski definition) is 1. The van der Waals surface area contributed by atoms with Crippen molar-refractivity contribution in [3.8, 4) is 0 Å². The second-order valence-electron chi connectivity index (χ2n) is 4.87. The van der Waals surface area contributed by atoms with Crippen molar-refractivity contribution in [2.45, 2.75) is 58.8 Å². The van der Waals surface area contributed by atoms with Crippen LogP contribution in [0.1, 0.15) is 58.8 Å². The van der Waals surface area contributed by atoms with Gasteiger partial charge in [0.05, 0.1) is 0 Å². The van der Waals surface area contributed by atoms with Gasteiger partial charge in [0.25, 0.3) is 0 Å². The van der Waals surface area contributed by atoms with Crippen molar-refractivity contribution < 1.29 is 4.79 Å². The summed E-state index contributed by atoms with van der Waals surface area (Å²) in [4.78, 5) is 11.5. The van der Waals surface area contributed by atoms with E-state index in [-0.39, 0.29) is 11.3 Å². The van der Waals surface area contributed by atoms with E-state index in [0.29, 0.717) is 5.92 Å². The van der Waals surface area contributed by atoms with Gasteiger partial charge in [-0.2, -0.15) is 0 Å². The van der Waals surface area contributed by atoms with Crippen LogP contribution in [0.15, 0.2) is 0 Å². The lowest BCUT2D eigenvalue weighted by Gasteiger charge is -2.39. The van der Waals surface area contributed by atoms with Crippen LogP contribution in [0.25, 0.3) is 0 Å². The second kappa shape index (κ2) is 4.81. The summed E-state index contributed by atoms with van der Waals surface area (Å²) < 4.78 is 0. The van der Waals surface area contributed by atoms with E-state index in [1.165, 1.54) is 38.5 Å². The van der Waals surface area contributed by atoms with Crippen molar-refractivity contribution >= 4 is 5.91 Å². The van der Waals surface area contributed by atoms with Crippen molar-refractivity contribution in [1.29, 1.82) is 0 Å². The van der Waals surface area contributed by atoms with Crippen LogP contribution in [0.4, 0.5) is 0 Å². The lowest BCUT2D eigenvalue weighted by molar-refractivity contribution is -0.132. The Morgan fingerprint density at radius 1 is 1.50 bits per heavy atom. The maximum absolute atomic E-state index is 11.5. The number of unbranched alkanes of at least 4 members (excludes halogenated alkanes) is 1. The quantitative estimate of drug-likeness (QED) is 0.740. The molecule has 0 spiro atoms. The first-order chi connectivity index (χ1) is 6.61. The van der Waals surface area contributed by atoms with Gasteiger partial charge < -0.3 is 5.73 Å². The molecule has 1 aliphatic carbocycles. The maximum atomic E-state index is 11.5. The van der Waals surface area contributed by atoms with Crippen LogP contribution in [-0.4, -0.2) is 5.91 Å². The molecule has 0 heterocycles. The first-order valence-electron chi connectivity index (χ1n) is 5.91. The molecule has 1 fully saturated rings. The number of amides is 1. The molecule has 0 aromatic heterocycles. The van der Waals surface area contributed by atoms with Crippen LogP contribution in [0.3, 0.4) is 0 Å². The minimum atomic E-state index is -0.215. The molecule has 0 bridgehead atoms. The highest BCUT2D eigenvalue weighted by Crippen LogP contribution is 2.43. The van der Waals surface area contributed by atoms with E-state index < -0.39 is 0 Å². The Bertz CT molecular complexity index is 202. The molecule has 14 heavy (non-hydrogen) atoms. The molecule has 2 atom stereocenters.